The fraction of sp³-hybridized carbons (Fsp3) is 0.435. The highest BCUT2D eigenvalue weighted by Crippen LogP contribution is 2.38. The van der Waals surface area contributed by atoms with Gasteiger partial charge >= 0.3 is 6.18 Å². The molecule has 1 amide bonds. The molecule has 1 aliphatic heterocycles. The zero-order valence-corrected chi connectivity index (χ0v) is 19.7. The molecule has 2 aromatic carbocycles. The number of amides is 1. The van der Waals surface area contributed by atoms with Crippen LogP contribution < -0.4 is 10.1 Å². The Bertz CT molecular complexity index is 1090. The molecule has 3 rings (SSSR count). The number of ether oxygens (including phenoxy) is 2. The summed E-state index contributed by atoms with van der Waals surface area (Å²) in [6.07, 6.45) is -4.00. The number of carbonyl (C=O) groups excluding carboxylic acids is 1. The van der Waals surface area contributed by atoms with Crippen molar-refractivity contribution in [3.8, 4) is 5.75 Å². The summed E-state index contributed by atoms with van der Waals surface area (Å²) in [6.45, 7) is 0.473. The second-order valence-corrected chi connectivity index (χ2v) is 9.91. The third kappa shape index (κ3) is 5.89. The van der Waals surface area contributed by atoms with Crippen LogP contribution in [0.2, 0.25) is 0 Å². The van der Waals surface area contributed by atoms with Crippen LogP contribution in [0.15, 0.2) is 53.4 Å². The van der Waals surface area contributed by atoms with Gasteiger partial charge in [-0.05, 0) is 42.3 Å². The zero-order chi connectivity index (χ0) is 24.9. The molecule has 7 nitrogen and oxygen atoms in total. The summed E-state index contributed by atoms with van der Waals surface area (Å²) < 4.78 is 77.6. The Morgan fingerprint density at radius 3 is 2.44 bits per heavy atom. The SMILES string of the molecule is COCCCNC(=O)[C@H]1CN(S(=O)(=O)c2ccc(OC)cc2)C[C@@H]1c1cccc(C(F)(F)F)c1. The Morgan fingerprint density at radius 2 is 1.82 bits per heavy atom. The minimum atomic E-state index is -4.55. The molecule has 0 bridgehead atoms. The molecule has 34 heavy (non-hydrogen) atoms. The van der Waals surface area contributed by atoms with E-state index >= 15 is 0 Å². The van der Waals surface area contributed by atoms with Gasteiger partial charge in [0.15, 0.2) is 0 Å². The van der Waals surface area contributed by atoms with Gasteiger partial charge in [0.05, 0.1) is 23.5 Å². The van der Waals surface area contributed by atoms with Crippen molar-refractivity contribution in [1.82, 2.24) is 9.62 Å². The van der Waals surface area contributed by atoms with Crippen molar-refractivity contribution in [2.45, 2.75) is 23.4 Å². The summed E-state index contributed by atoms with van der Waals surface area (Å²) in [5.41, 5.74) is -0.583. The Kier molecular flexibility index (Phi) is 8.21. The van der Waals surface area contributed by atoms with Crippen LogP contribution in [0.5, 0.6) is 5.75 Å². The average Bonchev–Trinajstić information content (AvgIpc) is 3.28. The van der Waals surface area contributed by atoms with Crippen LogP contribution in [0.4, 0.5) is 13.2 Å². The first-order valence-corrected chi connectivity index (χ1v) is 12.1. The second kappa shape index (κ2) is 10.7. The van der Waals surface area contributed by atoms with Crippen LogP contribution in [0.1, 0.15) is 23.5 Å². The molecule has 1 aliphatic rings. The van der Waals surface area contributed by atoms with Crippen molar-refractivity contribution < 1.29 is 35.9 Å². The normalized spacial score (nSPS) is 19.2. The molecule has 1 heterocycles. The summed E-state index contributed by atoms with van der Waals surface area (Å²) in [5.74, 6) is -1.52. The smallest absolute Gasteiger partial charge is 0.416 e. The zero-order valence-electron chi connectivity index (χ0n) is 18.8. The largest absolute Gasteiger partial charge is 0.497 e. The van der Waals surface area contributed by atoms with Crippen LogP contribution in [0.25, 0.3) is 0 Å². The highest BCUT2D eigenvalue weighted by molar-refractivity contribution is 7.89. The lowest BCUT2D eigenvalue weighted by molar-refractivity contribution is -0.137. The van der Waals surface area contributed by atoms with Crippen molar-refractivity contribution in [2.24, 2.45) is 5.92 Å². The Morgan fingerprint density at radius 1 is 1.12 bits per heavy atom. The Balaban J connectivity index is 1.91. The number of benzene rings is 2. The van der Waals surface area contributed by atoms with E-state index in [1.54, 1.807) is 0 Å². The molecule has 0 spiro atoms. The molecule has 1 saturated heterocycles. The predicted molar refractivity (Wildman–Crippen MR) is 119 cm³/mol. The maximum absolute atomic E-state index is 13.3. The highest BCUT2D eigenvalue weighted by Gasteiger charge is 2.44. The first-order chi connectivity index (χ1) is 16.1. The van der Waals surface area contributed by atoms with Gasteiger partial charge in [-0.2, -0.15) is 17.5 Å². The molecule has 0 unspecified atom stereocenters. The molecular formula is C23H27F3N2O5S. The molecule has 186 valence electrons. The summed E-state index contributed by atoms with van der Waals surface area (Å²) in [7, 11) is -0.993. The molecule has 0 aromatic heterocycles. The van der Waals surface area contributed by atoms with E-state index < -0.39 is 39.5 Å². The number of nitrogens with one attached hydrogen (secondary N) is 1. The van der Waals surface area contributed by atoms with Crippen LogP contribution in [0.3, 0.4) is 0 Å². The quantitative estimate of drug-likeness (QED) is 0.535. The lowest BCUT2D eigenvalue weighted by Crippen LogP contribution is -2.36. The minimum Gasteiger partial charge on any atom is -0.497 e. The molecule has 11 heteroatoms. The number of sulfonamides is 1. The summed E-state index contributed by atoms with van der Waals surface area (Å²) >= 11 is 0. The van der Waals surface area contributed by atoms with Gasteiger partial charge in [-0.25, -0.2) is 8.42 Å². The Labute approximate surface area is 196 Å². The first kappa shape index (κ1) is 26.0. The molecule has 2 aromatic rings. The molecule has 1 fully saturated rings. The van der Waals surface area contributed by atoms with Gasteiger partial charge in [0.1, 0.15) is 5.75 Å². The number of halogens is 3. The molecule has 0 saturated carbocycles. The minimum absolute atomic E-state index is 0.0113. The van der Waals surface area contributed by atoms with Gasteiger partial charge in [0.25, 0.3) is 0 Å². The topological polar surface area (TPSA) is 84.9 Å². The maximum atomic E-state index is 13.3. The number of hydrogen-bond donors (Lipinski definition) is 1. The third-order valence-corrected chi connectivity index (χ3v) is 7.63. The van der Waals surface area contributed by atoms with E-state index in [0.29, 0.717) is 25.3 Å². The van der Waals surface area contributed by atoms with E-state index in [1.807, 2.05) is 0 Å². The summed E-state index contributed by atoms with van der Waals surface area (Å²) in [4.78, 5) is 13.0. The van der Waals surface area contributed by atoms with Gasteiger partial charge < -0.3 is 14.8 Å². The van der Waals surface area contributed by atoms with Crippen molar-refractivity contribution in [1.29, 1.82) is 0 Å². The molecule has 0 radical (unpaired) electrons. The van der Waals surface area contributed by atoms with Gasteiger partial charge in [-0.1, -0.05) is 18.2 Å². The van der Waals surface area contributed by atoms with Crippen LogP contribution >= 0.6 is 0 Å². The maximum Gasteiger partial charge on any atom is 0.416 e. The fourth-order valence-corrected chi connectivity index (χ4v) is 5.46. The third-order valence-electron chi connectivity index (χ3n) is 5.79. The first-order valence-electron chi connectivity index (χ1n) is 10.7. The fourth-order valence-electron chi connectivity index (χ4n) is 3.97. The molecule has 1 N–H and O–H groups in total. The van der Waals surface area contributed by atoms with E-state index in [-0.39, 0.29) is 23.5 Å². The number of alkyl halides is 3. The second-order valence-electron chi connectivity index (χ2n) is 7.97. The standard InChI is InChI=1S/C23H27F3N2O5S/c1-32-12-4-11-27-22(29)21-15-28(34(30,31)19-9-7-18(33-2)8-10-19)14-20(21)16-5-3-6-17(13-16)23(24,25)26/h3,5-10,13,20-21H,4,11-12,14-15H2,1-2H3,(H,27,29)/t20-,21+/m1/s1. The van der Waals surface area contributed by atoms with Gasteiger partial charge in [0.2, 0.25) is 15.9 Å². The lowest BCUT2D eigenvalue weighted by Gasteiger charge is -2.19. The molecule has 2 atom stereocenters. The number of carbonyl (C=O) groups is 1. The van der Waals surface area contributed by atoms with E-state index in [1.165, 1.54) is 50.6 Å². The molecular weight excluding hydrogens is 473 g/mol. The van der Waals surface area contributed by atoms with E-state index in [4.69, 9.17) is 9.47 Å². The Hall–Kier alpha value is -2.63. The monoisotopic (exact) mass is 500 g/mol. The predicted octanol–water partition coefficient (Wildman–Crippen LogP) is 3.27. The van der Waals surface area contributed by atoms with Gasteiger partial charge in [-0.15, -0.1) is 0 Å². The summed E-state index contributed by atoms with van der Waals surface area (Å²) in [6, 6.07) is 10.5. The van der Waals surface area contributed by atoms with Crippen molar-refractivity contribution in [3.63, 3.8) is 0 Å². The van der Waals surface area contributed by atoms with Gasteiger partial charge in [0, 0.05) is 39.3 Å². The number of methoxy groups -OCH3 is 2. The number of hydrogen-bond acceptors (Lipinski definition) is 5. The van der Waals surface area contributed by atoms with Crippen molar-refractivity contribution in [3.05, 3.63) is 59.7 Å². The van der Waals surface area contributed by atoms with E-state index in [2.05, 4.69) is 5.32 Å². The van der Waals surface area contributed by atoms with Gasteiger partial charge in [-0.3, -0.25) is 4.79 Å². The van der Waals surface area contributed by atoms with Crippen LogP contribution in [0, 0.1) is 5.92 Å². The number of nitrogens with zero attached hydrogens (tertiary/aromatic N) is 1. The highest BCUT2D eigenvalue weighted by atomic mass is 32.2. The summed E-state index contributed by atoms with van der Waals surface area (Å²) in [5, 5.41) is 2.75. The van der Waals surface area contributed by atoms with Crippen molar-refractivity contribution in [2.75, 3.05) is 40.5 Å². The van der Waals surface area contributed by atoms with E-state index in [9.17, 15) is 26.4 Å². The van der Waals surface area contributed by atoms with E-state index in [0.717, 1.165) is 16.4 Å². The molecule has 0 aliphatic carbocycles. The number of rotatable bonds is 9. The van der Waals surface area contributed by atoms with Crippen LogP contribution in [-0.4, -0.2) is 59.1 Å². The lowest BCUT2D eigenvalue weighted by atomic mass is 9.87. The van der Waals surface area contributed by atoms with Crippen molar-refractivity contribution >= 4 is 15.9 Å². The van der Waals surface area contributed by atoms with Crippen LogP contribution in [-0.2, 0) is 25.7 Å². The average molecular weight is 501 g/mol.